The first kappa shape index (κ1) is 26.6. The van der Waals surface area contributed by atoms with Gasteiger partial charge in [0.25, 0.3) is 0 Å². The molecule has 1 aliphatic rings. The van der Waals surface area contributed by atoms with Crippen LogP contribution in [0.5, 0.6) is 11.5 Å². The van der Waals surface area contributed by atoms with E-state index in [9.17, 15) is 4.79 Å². The molecule has 0 aromatic heterocycles. The molecule has 0 saturated heterocycles. The van der Waals surface area contributed by atoms with E-state index in [2.05, 4.69) is 25.7 Å². The van der Waals surface area contributed by atoms with E-state index in [-0.39, 0.29) is 30.1 Å². The molecular formula is C24H33IN4O4. The Bertz CT molecular complexity index is 915. The quantitative estimate of drug-likeness (QED) is 0.244. The van der Waals surface area contributed by atoms with Gasteiger partial charge in [-0.25, -0.2) is 4.79 Å². The van der Waals surface area contributed by atoms with Gasteiger partial charge in [-0.1, -0.05) is 24.3 Å². The van der Waals surface area contributed by atoms with Crippen molar-refractivity contribution in [3.05, 3.63) is 53.6 Å². The van der Waals surface area contributed by atoms with Crippen molar-refractivity contribution < 1.29 is 19.0 Å². The maximum atomic E-state index is 11.3. The topological polar surface area (TPSA) is 93.2 Å². The average Bonchev–Trinajstić information content (AvgIpc) is 3.34. The SMILES string of the molecule is CN=C(NCc1ccc(NC(=O)OC)cc1)NCc1cccc(OC)c1OC1CCCC1.I. The Morgan fingerprint density at radius 1 is 1.03 bits per heavy atom. The molecule has 0 spiro atoms. The summed E-state index contributed by atoms with van der Waals surface area (Å²) in [6.45, 7) is 1.14. The fourth-order valence-corrected chi connectivity index (χ4v) is 3.63. The number of para-hydroxylation sites is 1. The molecule has 0 heterocycles. The molecule has 1 saturated carbocycles. The van der Waals surface area contributed by atoms with E-state index in [0.717, 1.165) is 35.5 Å². The summed E-state index contributed by atoms with van der Waals surface area (Å²) in [4.78, 5) is 15.6. The second-order valence-electron chi connectivity index (χ2n) is 7.57. The molecule has 0 atom stereocenters. The molecule has 3 N–H and O–H groups in total. The van der Waals surface area contributed by atoms with E-state index < -0.39 is 6.09 Å². The number of rotatable bonds is 8. The van der Waals surface area contributed by atoms with E-state index in [0.29, 0.717) is 24.7 Å². The van der Waals surface area contributed by atoms with Gasteiger partial charge in [-0.3, -0.25) is 10.3 Å². The number of anilines is 1. The van der Waals surface area contributed by atoms with Crippen LogP contribution >= 0.6 is 24.0 Å². The predicted molar refractivity (Wildman–Crippen MR) is 141 cm³/mol. The zero-order valence-corrected chi connectivity index (χ0v) is 21.7. The van der Waals surface area contributed by atoms with E-state index >= 15 is 0 Å². The summed E-state index contributed by atoms with van der Waals surface area (Å²) in [6.07, 6.45) is 4.35. The Labute approximate surface area is 212 Å². The zero-order chi connectivity index (χ0) is 22.8. The van der Waals surface area contributed by atoms with Crippen LogP contribution in [0.1, 0.15) is 36.8 Å². The lowest BCUT2D eigenvalue weighted by Crippen LogP contribution is -2.36. The molecule has 0 unspecified atom stereocenters. The van der Waals surface area contributed by atoms with E-state index in [1.165, 1.54) is 20.0 Å². The van der Waals surface area contributed by atoms with Gasteiger partial charge in [0.2, 0.25) is 0 Å². The van der Waals surface area contributed by atoms with Gasteiger partial charge in [0, 0.05) is 31.4 Å². The van der Waals surface area contributed by atoms with Crippen LogP contribution in [0.3, 0.4) is 0 Å². The van der Waals surface area contributed by atoms with Crippen LogP contribution in [0.4, 0.5) is 10.5 Å². The molecule has 0 aliphatic heterocycles. The number of ether oxygens (including phenoxy) is 3. The van der Waals surface area contributed by atoms with Crippen LogP contribution in [0.25, 0.3) is 0 Å². The van der Waals surface area contributed by atoms with E-state index in [4.69, 9.17) is 9.47 Å². The Hall–Kier alpha value is -2.69. The number of nitrogens with one attached hydrogen (secondary N) is 3. The highest BCUT2D eigenvalue weighted by atomic mass is 127. The number of guanidine groups is 1. The lowest BCUT2D eigenvalue weighted by molar-refractivity contribution is 0.187. The Balaban J connectivity index is 0.00000385. The van der Waals surface area contributed by atoms with Gasteiger partial charge in [-0.05, 0) is 49.4 Å². The molecule has 2 aromatic carbocycles. The fraction of sp³-hybridized carbons (Fsp3) is 0.417. The number of benzene rings is 2. The van der Waals surface area contributed by atoms with Crippen molar-refractivity contribution >= 4 is 41.7 Å². The van der Waals surface area contributed by atoms with E-state index in [1.807, 2.05) is 42.5 Å². The summed E-state index contributed by atoms with van der Waals surface area (Å²) in [5.74, 6) is 2.23. The molecule has 33 heavy (non-hydrogen) atoms. The highest BCUT2D eigenvalue weighted by molar-refractivity contribution is 14.0. The number of aliphatic imine (C=N–C) groups is 1. The minimum atomic E-state index is -0.491. The lowest BCUT2D eigenvalue weighted by atomic mass is 10.1. The molecule has 1 fully saturated rings. The lowest BCUT2D eigenvalue weighted by Gasteiger charge is -2.20. The molecule has 0 bridgehead atoms. The summed E-state index contributed by atoms with van der Waals surface area (Å²) in [5.41, 5.74) is 2.75. The highest BCUT2D eigenvalue weighted by Gasteiger charge is 2.20. The second kappa shape index (κ2) is 13.8. The van der Waals surface area contributed by atoms with E-state index in [1.54, 1.807) is 14.2 Å². The standard InChI is InChI=1S/C24H32N4O4.HI/c1-25-23(26-15-17-11-13-19(14-12-17)28-24(29)31-3)27-16-18-7-6-10-21(30-2)22(18)32-20-8-4-5-9-20;/h6-7,10-14,20H,4-5,8-9,15-16H2,1-3H3,(H,28,29)(H2,25,26,27);1H. The normalized spacial score (nSPS) is 13.6. The van der Waals surface area contributed by atoms with Gasteiger partial charge in [-0.2, -0.15) is 0 Å². The molecule has 8 nitrogen and oxygen atoms in total. The molecule has 9 heteroatoms. The van der Waals surface area contributed by atoms with Gasteiger partial charge < -0.3 is 24.8 Å². The number of hydrogen-bond acceptors (Lipinski definition) is 5. The monoisotopic (exact) mass is 568 g/mol. The molecule has 3 rings (SSSR count). The summed E-state index contributed by atoms with van der Waals surface area (Å²) in [5, 5.41) is 9.28. The van der Waals surface area contributed by atoms with Crippen LogP contribution in [0.2, 0.25) is 0 Å². The summed E-state index contributed by atoms with van der Waals surface area (Å²) in [6, 6.07) is 13.5. The molecule has 1 aliphatic carbocycles. The molecule has 0 radical (unpaired) electrons. The van der Waals surface area contributed by atoms with Gasteiger partial charge in [0.15, 0.2) is 17.5 Å². The summed E-state index contributed by atoms with van der Waals surface area (Å²) < 4.78 is 16.4. The third kappa shape index (κ3) is 7.99. The van der Waals surface area contributed by atoms with Gasteiger partial charge in [0.05, 0.1) is 20.3 Å². The minimum Gasteiger partial charge on any atom is -0.493 e. The Kier molecular flexibility index (Phi) is 11.1. The van der Waals surface area contributed by atoms with Gasteiger partial charge in [-0.15, -0.1) is 24.0 Å². The maximum Gasteiger partial charge on any atom is 0.411 e. The van der Waals surface area contributed by atoms with Crippen LogP contribution in [-0.2, 0) is 17.8 Å². The van der Waals surface area contributed by atoms with Gasteiger partial charge in [0.1, 0.15) is 0 Å². The molecule has 180 valence electrons. The van der Waals surface area contributed by atoms with Gasteiger partial charge >= 0.3 is 6.09 Å². The smallest absolute Gasteiger partial charge is 0.411 e. The Morgan fingerprint density at radius 3 is 2.36 bits per heavy atom. The molecular weight excluding hydrogens is 535 g/mol. The minimum absolute atomic E-state index is 0. The fourth-order valence-electron chi connectivity index (χ4n) is 3.63. The highest BCUT2D eigenvalue weighted by Crippen LogP contribution is 2.34. The van der Waals surface area contributed by atoms with Crippen molar-refractivity contribution in [2.24, 2.45) is 4.99 Å². The number of nitrogens with zero attached hydrogens (tertiary/aromatic N) is 1. The third-order valence-electron chi connectivity index (χ3n) is 5.38. The maximum absolute atomic E-state index is 11.3. The first-order chi connectivity index (χ1) is 15.6. The van der Waals surface area contributed by atoms with Crippen LogP contribution in [0.15, 0.2) is 47.5 Å². The number of amides is 1. The Morgan fingerprint density at radius 2 is 1.73 bits per heavy atom. The number of carbonyl (C=O) groups excluding carboxylic acids is 1. The largest absolute Gasteiger partial charge is 0.493 e. The van der Waals surface area contributed by atoms with Crippen LogP contribution < -0.4 is 25.4 Å². The van der Waals surface area contributed by atoms with Crippen molar-refractivity contribution in [3.63, 3.8) is 0 Å². The first-order valence-electron chi connectivity index (χ1n) is 10.8. The first-order valence-corrected chi connectivity index (χ1v) is 10.8. The molecule has 2 aromatic rings. The predicted octanol–water partition coefficient (Wildman–Crippen LogP) is 4.68. The summed E-state index contributed by atoms with van der Waals surface area (Å²) in [7, 11) is 4.74. The van der Waals surface area contributed by atoms with Crippen molar-refractivity contribution in [1.29, 1.82) is 0 Å². The number of methoxy groups -OCH3 is 2. The van der Waals surface area contributed by atoms with Crippen molar-refractivity contribution in [1.82, 2.24) is 10.6 Å². The zero-order valence-electron chi connectivity index (χ0n) is 19.3. The molecule has 1 amide bonds. The number of hydrogen-bond donors (Lipinski definition) is 3. The number of halogens is 1. The third-order valence-corrected chi connectivity index (χ3v) is 5.38. The van der Waals surface area contributed by atoms with Crippen LogP contribution in [0, 0.1) is 0 Å². The van der Waals surface area contributed by atoms with Crippen molar-refractivity contribution in [2.75, 3.05) is 26.6 Å². The van der Waals surface area contributed by atoms with Crippen LogP contribution in [-0.4, -0.2) is 39.4 Å². The summed E-state index contributed by atoms with van der Waals surface area (Å²) >= 11 is 0. The van der Waals surface area contributed by atoms with Crippen molar-refractivity contribution in [3.8, 4) is 11.5 Å². The van der Waals surface area contributed by atoms with Crippen molar-refractivity contribution in [2.45, 2.75) is 44.9 Å². The number of carbonyl (C=O) groups is 1. The average molecular weight is 568 g/mol. The second-order valence-corrected chi connectivity index (χ2v) is 7.57.